The van der Waals surface area contributed by atoms with Gasteiger partial charge in [0.2, 0.25) is 0 Å². The minimum atomic E-state index is 0.0758. The van der Waals surface area contributed by atoms with Crippen LogP contribution in [0.3, 0.4) is 0 Å². The van der Waals surface area contributed by atoms with Gasteiger partial charge < -0.3 is 15.2 Å². The van der Waals surface area contributed by atoms with E-state index in [1.807, 2.05) is 49.4 Å². The summed E-state index contributed by atoms with van der Waals surface area (Å²) in [5.74, 6) is 1.57. The van der Waals surface area contributed by atoms with Crippen molar-refractivity contribution in [2.24, 2.45) is 5.73 Å². The topological polar surface area (TPSA) is 44.5 Å². The normalized spacial score (nSPS) is 12.0. The first kappa shape index (κ1) is 15.7. The second-order valence-electron chi connectivity index (χ2n) is 5.07. The third kappa shape index (κ3) is 4.66. The summed E-state index contributed by atoms with van der Waals surface area (Å²) in [4.78, 5) is 0. The van der Waals surface area contributed by atoms with E-state index in [-0.39, 0.29) is 6.04 Å². The molecule has 4 heteroatoms. The van der Waals surface area contributed by atoms with Gasteiger partial charge in [0.05, 0.1) is 7.11 Å². The van der Waals surface area contributed by atoms with Gasteiger partial charge in [0.1, 0.15) is 18.1 Å². The minimum absolute atomic E-state index is 0.0758. The lowest BCUT2D eigenvalue weighted by Crippen LogP contribution is -2.18. The Bertz CT molecular complexity index is 599. The van der Waals surface area contributed by atoms with E-state index in [1.165, 1.54) is 0 Å². The summed E-state index contributed by atoms with van der Waals surface area (Å²) in [6, 6.07) is 13.5. The number of hydrogen-bond donors (Lipinski definition) is 1. The second kappa shape index (κ2) is 7.34. The molecule has 0 saturated carbocycles. The summed E-state index contributed by atoms with van der Waals surface area (Å²) in [6.07, 6.45) is 0.759. The average Bonchev–Trinajstić information content (AvgIpc) is 2.46. The van der Waals surface area contributed by atoms with E-state index < -0.39 is 0 Å². The second-order valence-corrected chi connectivity index (χ2v) is 5.51. The van der Waals surface area contributed by atoms with Crippen LogP contribution in [0.2, 0.25) is 5.02 Å². The standard InChI is InChI=1S/C17H20ClNO2/c1-12(19)8-14-6-7-16(20-2)10-17(14)21-11-13-4-3-5-15(18)9-13/h3-7,9-10,12H,8,11,19H2,1-2H3. The summed E-state index contributed by atoms with van der Waals surface area (Å²) < 4.78 is 11.2. The fraction of sp³-hybridized carbons (Fsp3) is 0.294. The van der Waals surface area contributed by atoms with Gasteiger partial charge in [-0.2, -0.15) is 0 Å². The molecule has 21 heavy (non-hydrogen) atoms. The molecule has 0 aliphatic carbocycles. The first-order valence-corrected chi connectivity index (χ1v) is 7.26. The van der Waals surface area contributed by atoms with Gasteiger partial charge in [-0.15, -0.1) is 0 Å². The van der Waals surface area contributed by atoms with Crippen molar-refractivity contribution in [2.45, 2.75) is 26.0 Å². The van der Waals surface area contributed by atoms with Crippen LogP contribution in [0.1, 0.15) is 18.1 Å². The zero-order valence-electron chi connectivity index (χ0n) is 12.3. The van der Waals surface area contributed by atoms with Gasteiger partial charge in [0.15, 0.2) is 0 Å². The van der Waals surface area contributed by atoms with Gasteiger partial charge in [-0.25, -0.2) is 0 Å². The average molecular weight is 306 g/mol. The van der Waals surface area contributed by atoms with Gasteiger partial charge in [-0.3, -0.25) is 0 Å². The fourth-order valence-electron chi connectivity index (χ4n) is 2.10. The highest BCUT2D eigenvalue weighted by atomic mass is 35.5. The lowest BCUT2D eigenvalue weighted by Gasteiger charge is -2.14. The Morgan fingerprint density at radius 2 is 2.00 bits per heavy atom. The highest BCUT2D eigenvalue weighted by molar-refractivity contribution is 6.30. The predicted molar refractivity (Wildman–Crippen MR) is 86.1 cm³/mol. The van der Waals surface area contributed by atoms with E-state index in [0.717, 1.165) is 29.0 Å². The van der Waals surface area contributed by atoms with Crippen LogP contribution in [0, 0.1) is 0 Å². The molecule has 0 fully saturated rings. The lowest BCUT2D eigenvalue weighted by atomic mass is 10.1. The van der Waals surface area contributed by atoms with Gasteiger partial charge >= 0.3 is 0 Å². The summed E-state index contributed by atoms with van der Waals surface area (Å²) in [5.41, 5.74) is 7.99. The third-order valence-corrected chi connectivity index (χ3v) is 3.33. The Morgan fingerprint density at radius 3 is 2.67 bits per heavy atom. The first-order chi connectivity index (χ1) is 10.1. The Labute approximate surface area is 130 Å². The molecule has 0 saturated heterocycles. The van der Waals surface area contributed by atoms with Crippen molar-refractivity contribution in [3.63, 3.8) is 0 Å². The van der Waals surface area contributed by atoms with E-state index in [4.69, 9.17) is 26.8 Å². The van der Waals surface area contributed by atoms with Gasteiger partial charge in [-0.1, -0.05) is 29.8 Å². The third-order valence-electron chi connectivity index (χ3n) is 3.10. The van der Waals surface area contributed by atoms with Crippen molar-refractivity contribution in [2.75, 3.05) is 7.11 Å². The van der Waals surface area contributed by atoms with Crippen molar-refractivity contribution in [1.29, 1.82) is 0 Å². The summed E-state index contributed by atoms with van der Waals surface area (Å²) in [5, 5.41) is 0.706. The van der Waals surface area contributed by atoms with Crippen molar-refractivity contribution >= 4 is 11.6 Å². The molecule has 0 amide bonds. The molecule has 2 N–H and O–H groups in total. The van der Waals surface area contributed by atoms with Gasteiger partial charge in [0, 0.05) is 17.1 Å². The van der Waals surface area contributed by atoms with Crippen molar-refractivity contribution in [3.8, 4) is 11.5 Å². The Hall–Kier alpha value is -1.71. The molecule has 2 aromatic rings. The van der Waals surface area contributed by atoms with Crippen LogP contribution < -0.4 is 15.2 Å². The number of benzene rings is 2. The SMILES string of the molecule is COc1ccc(CC(C)N)c(OCc2cccc(Cl)c2)c1. The van der Waals surface area contributed by atoms with Crippen LogP contribution in [0.5, 0.6) is 11.5 Å². The Balaban J connectivity index is 2.16. The van der Waals surface area contributed by atoms with Gasteiger partial charge in [-0.05, 0) is 42.7 Å². The van der Waals surface area contributed by atoms with Crippen molar-refractivity contribution in [1.82, 2.24) is 0 Å². The lowest BCUT2D eigenvalue weighted by molar-refractivity contribution is 0.300. The van der Waals surface area contributed by atoms with E-state index in [2.05, 4.69) is 0 Å². The number of rotatable bonds is 6. The molecule has 3 nitrogen and oxygen atoms in total. The van der Waals surface area contributed by atoms with Crippen LogP contribution >= 0.6 is 11.6 Å². The van der Waals surface area contributed by atoms with Gasteiger partial charge in [0.25, 0.3) is 0 Å². The zero-order chi connectivity index (χ0) is 15.2. The molecule has 0 aromatic heterocycles. The molecular weight excluding hydrogens is 286 g/mol. The maximum atomic E-state index is 5.98. The number of methoxy groups -OCH3 is 1. The zero-order valence-corrected chi connectivity index (χ0v) is 13.1. The molecule has 0 aliphatic heterocycles. The maximum Gasteiger partial charge on any atom is 0.126 e. The monoisotopic (exact) mass is 305 g/mol. The molecular formula is C17H20ClNO2. The van der Waals surface area contributed by atoms with Crippen LogP contribution in [-0.2, 0) is 13.0 Å². The summed E-state index contributed by atoms with van der Waals surface area (Å²) in [7, 11) is 1.64. The molecule has 1 atom stereocenters. The summed E-state index contributed by atoms with van der Waals surface area (Å²) >= 11 is 5.98. The summed E-state index contributed by atoms with van der Waals surface area (Å²) in [6.45, 7) is 2.44. The smallest absolute Gasteiger partial charge is 0.126 e. The van der Waals surface area contributed by atoms with E-state index in [0.29, 0.717) is 11.6 Å². The predicted octanol–water partition coefficient (Wildman–Crippen LogP) is 3.82. The van der Waals surface area contributed by atoms with Crippen LogP contribution in [0.4, 0.5) is 0 Å². The molecule has 2 aromatic carbocycles. The number of nitrogens with two attached hydrogens (primary N) is 1. The number of halogens is 1. The Kier molecular flexibility index (Phi) is 5.48. The molecule has 0 aliphatic rings. The van der Waals surface area contributed by atoms with E-state index in [1.54, 1.807) is 7.11 Å². The highest BCUT2D eigenvalue weighted by Gasteiger charge is 2.08. The van der Waals surface area contributed by atoms with Crippen LogP contribution in [0.25, 0.3) is 0 Å². The molecule has 0 radical (unpaired) electrons. The van der Waals surface area contributed by atoms with Crippen LogP contribution in [-0.4, -0.2) is 13.2 Å². The maximum absolute atomic E-state index is 5.98. The molecule has 0 spiro atoms. The first-order valence-electron chi connectivity index (χ1n) is 6.88. The van der Waals surface area contributed by atoms with E-state index in [9.17, 15) is 0 Å². The van der Waals surface area contributed by atoms with E-state index >= 15 is 0 Å². The van der Waals surface area contributed by atoms with Crippen LogP contribution in [0.15, 0.2) is 42.5 Å². The highest BCUT2D eigenvalue weighted by Crippen LogP contribution is 2.27. The fourth-order valence-corrected chi connectivity index (χ4v) is 2.31. The minimum Gasteiger partial charge on any atom is -0.497 e. The molecule has 1 unspecified atom stereocenters. The molecule has 0 heterocycles. The molecule has 2 rings (SSSR count). The number of ether oxygens (including phenoxy) is 2. The van der Waals surface area contributed by atoms with Crippen molar-refractivity contribution < 1.29 is 9.47 Å². The quantitative estimate of drug-likeness (QED) is 0.882. The molecule has 112 valence electrons. The largest absolute Gasteiger partial charge is 0.497 e. The molecule has 0 bridgehead atoms. The number of hydrogen-bond acceptors (Lipinski definition) is 3. The van der Waals surface area contributed by atoms with Crippen molar-refractivity contribution in [3.05, 3.63) is 58.6 Å². The Morgan fingerprint density at radius 1 is 1.19 bits per heavy atom.